The number of thiazole rings is 1. The van der Waals surface area contributed by atoms with Crippen LogP contribution in [0, 0.1) is 0 Å². The van der Waals surface area contributed by atoms with Crippen molar-refractivity contribution in [3.05, 3.63) is 57.1 Å². The Morgan fingerprint density at radius 2 is 2.19 bits per heavy atom. The van der Waals surface area contributed by atoms with Crippen LogP contribution in [-0.4, -0.2) is 31.1 Å². The maximum atomic E-state index is 12.3. The molecular formula is C17H17ClN6OS2. The minimum Gasteiger partial charge on any atom is -0.336 e. The van der Waals surface area contributed by atoms with Gasteiger partial charge in [-0.25, -0.2) is 4.68 Å². The predicted octanol–water partition coefficient (Wildman–Crippen LogP) is 2.65. The zero-order valence-corrected chi connectivity index (χ0v) is 16.7. The highest BCUT2D eigenvalue weighted by atomic mass is 35.5. The summed E-state index contributed by atoms with van der Waals surface area (Å²) in [4.78, 5) is 17.2. The average Bonchev–Trinajstić information content (AvgIpc) is 3.30. The first-order chi connectivity index (χ1) is 13.1. The van der Waals surface area contributed by atoms with E-state index in [9.17, 15) is 4.79 Å². The lowest BCUT2D eigenvalue weighted by atomic mass is 10.2. The van der Waals surface area contributed by atoms with Crippen LogP contribution in [0.25, 0.3) is 0 Å². The Labute approximate surface area is 168 Å². The van der Waals surface area contributed by atoms with Gasteiger partial charge in [0.25, 0.3) is 5.91 Å². The van der Waals surface area contributed by atoms with E-state index in [1.54, 1.807) is 0 Å². The van der Waals surface area contributed by atoms with Crippen LogP contribution in [0.15, 0.2) is 46.0 Å². The summed E-state index contributed by atoms with van der Waals surface area (Å²) in [6, 6.07) is 7.63. The topological polar surface area (TPSA) is 91.1 Å². The van der Waals surface area contributed by atoms with Crippen LogP contribution in [0.2, 0.25) is 5.02 Å². The van der Waals surface area contributed by atoms with Crippen LogP contribution < -0.4 is 10.6 Å². The fourth-order valence-corrected chi connectivity index (χ4v) is 4.18. The molecule has 4 rings (SSSR count). The zero-order chi connectivity index (χ0) is 18.8. The third-order valence-corrected chi connectivity index (χ3v) is 6.23. The molecule has 2 N–H and O–H groups in total. The molecule has 0 saturated heterocycles. The number of rotatable bonds is 6. The second-order valence-electron chi connectivity index (χ2n) is 6.18. The van der Waals surface area contributed by atoms with E-state index in [-0.39, 0.29) is 11.7 Å². The van der Waals surface area contributed by atoms with Crippen molar-refractivity contribution in [2.24, 2.45) is 4.99 Å². The summed E-state index contributed by atoms with van der Waals surface area (Å²) in [6.07, 6.45) is 4.09. The molecule has 2 heterocycles. The van der Waals surface area contributed by atoms with Gasteiger partial charge in [0, 0.05) is 22.5 Å². The molecule has 3 aromatic rings. The first-order valence-electron chi connectivity index (χ1n) is 8.40. The number of carbonyl (C=O) groups is 1. The van der Waals surface area contributed by atoms with Crippen LogP contribution in [0.1, 0.15) is 30.1 Å². The molecule has 0 atom stereocenters. The minimum absolute atomic E-state index is 0.157. The van der Waals surface area contributed by atoms with Crippen molar-refractivity contribution in [2.45, 2.75) is 30.5 Å². The number of aromatic nitrogens is 4. The normalized spacial score (nSPS) is 14.6. The first-order valence-corrected chi connectivity index (χ1v) is 10.6. The highest BCUT2D eigenvalue weighted by molar-refractivity contribution is 7.99. The third-order valence-electron chi connectivity index (χ3n) is 4.14. The third kappa shape index (κ3) is 4.26. The van der Waals surface area contributed by atoms with Gasteiger partial charge in [-0.1, -0.05) is 41.6 Å². The molecule has 1 aliphatic carbocycles. The molecule has 140 valence electrons. The first kappa shape index (κ1) is 18.3. The SMILES string of the molecule is Nn1c(SCC(=O)N=c2sccn2Cc2ccccc2Cl)nnc1C1CC1. The van der Waals surface area contributed by atoms with E-state index in [4.69, 9.17) is 17.4 Å². The molecule has 0 spiro atoms. The smallest absolute Gasteiger partial charge is 0.258 e. The highest BCUT2D eigenvalue weighted by Crippen LogP contribution is 2.39. The molecule has 7 nitrogen and oxygen atoms in total. The Morgan fingerprint density at radius 3 is 2.96 bits per heavy atom. The number of amides is 1. The molecular weight excluding hydrogens is 404 g/mol. The number of carbonyl (C=O) groups excluding carboxylic acids is 1. The van der Waals surface area contributed by atoms with Crippen LogP contribution in [0.4, 0.5) is 0 Å². The molecule has 27 heavy (non-hydrogen) atoms. The molecule has 1 aromatic carbocycles. The van der Waals surface area contributed by atoms with Gasteiger partial charge >= 0.3 is 0 Å². The molecule has 10 heteroatoms. The van der Waals surface area contributed by atoms with Gasteiger partial charge in [0.2, 0.25) is 5.16 Å². The fraction of sp³-hybridized carbons (Fsp3) is 0.294. The summed E-state index contributed by atoms with van der Waals surface area (Å²) >= 11 is 8.88. The summed E-state index contributed by atoms with van der Waals surface area (Å²) in [5.41, 5.74) is 0.977. The van der Waals surface area contributed by atoms with Crippen molar-refractivity contribution in [1.29, 1.82) is 0 Å². The standard InChI is InChI=1S/C17H17ClN6OS2/c18-13-4-2-1-3-12(13)9-23-7-8-26-16(23)20-14(25)10-27-17-22-21-15(24(17)19)11-5-6-11/h1-4,7-8,11H,5-6,9-10,19H2. The maximum absolute atomic E-state index is 12.3. The van der Waals surface area contributed by atoms with E-state index in [1.165, 1.54) is 27.8 Å². The monoisotopic (exact) mass is 420 g/mol. The average molecular weight is 421 g/mol. The molecule has 0 aliphatic heterocycles. The van der Waals surface area contributed by atoms with E-state index in [2.05, 4.69) is 15.2 Å². The van der Waals surface area contributed by atoms with Crippen molar-refractivity contribution in [2.75, 3.05) is 11.6 Å². The van der Waals surface area contributed by atoms with Crippen molar-refractivity contribution >= 4 is 40.6 Å². The second kappa shape index (κ2) is 7.87. The Balaban J connectivity index is 1.44. The van der Waals surface area contributed by atoms with E-state index in [0.717, 1.165) is 24.2 Å². The van der Waals surface area contributed by atoms with E-state index in [0.29, 0.717) is 27.4 Å². The van der Waals surface area contributed by atoms with E-state index >= 15 is 0 Å². The molecule has 0 unspecified atom stereocenters. The van der Waals surface area contributed by atoms with Crippen molar-refractivity contribution in [1.82, 2.24) is 19.4 Å². The number of nitrogens with zero attached hydrogens (tertiary/aromatic N) is 5. The van der Waals surface area contributed by atoms with Crippen molar-refractivity contribution in [3.63, 3.8) is 0 Å². The summed E-state index contributed by atoms with van der Waals surface area (Å²) < 4.78 is 3.39. The maximum Gasteiger partial charge on any atom is 0.258 e. The summed E-state index contributed by atoms with van der Waals surface area (Å²) in [7, 11) is 0. The lowest BCUT2D eigenvalue weighted by Gasteiger charge is -2.05. The molecule has 0 bridgehead atoms. The zero-order valence-electron chi connectivity index (χ0n) is 14.3. The lowest BCUT2D eigenvalue weighted by molar-refractivity contribution is -0.115. The van der Waals surface area contributed by atoms with Gasteiger partial charge in [-0.3, -0.25) is 4.79 Å². The molecule has 1 aliphatic rings. The number of thioether (sulfide) groups is 1. The Morgan fingerprint density at radius 1 is 1.37 bits per heavy atom. The van der Waals surface area contributed by atoms with Crippen LogP contribution in [-0.2, 0) is 11.3 Å². The Kier molecular flexibility index (Phi) is 5.33. The van der Waals surface area contributed by atoms with Gasteiger partial charge < -0.3 is 10.4 Å². The Bertz CT molecular complexity index is 1040. The largest absolute Gasteiger partial charge is 0.336 e. The summed E-state index contributed by atoms with van der Waals surface area (Å²) in [6.45, 7) is 0.560. The van der Waals surface area contributed by atoms with Gasteiger partial charge in [0.1, 0.15) is 0 Å². The van der Waals surface area contributed by atoms with Gasteiger partial charge in [-0.2, -0.15) is 4.99 Å². The number of hydrogen-bond acceptors (Lipinski definition) is 6. The van der Waals surface area contributed by atoms with Gasteiger partial charge in [-0.05, 0) is 24.5 Å². The number of nitrogen functional groups attached to an aromatic ring is 1. The minimum atomic E-state index is -0.244. The van der Waals surface area contributed by atoms with Gasteiger partial charge in [-0.15, -0.1) is 21.5 Å². The quantitative estimate of drug-likeness (QED) is 0.489. The fourth-order valence-electron chi connectivity index (χ4n) is 2.59. The van der Waals surface area contributed by atoms with Crippen LogP contribution in [0.3, 0.4) is 0 Å². The summed E-state index contributed by atoms with van der Waals surface area (Å²) in [5.74, 6) is 7.12. The molecule has 2 aromatic heterocycles. The summed E-state index contributed by atoms with van der Waals surface area (Å²) in [5, 5.41) is 11.3. The highest BCUT2D eigenvalue weighted by Gasteiger charge is 2.30. The van der Waals surface area contributed by atoms with Gasteiger partial charge in [0.15, 0.2) is 10.6 Å². The van der Waals surface area contributed by atoms with Crippen molar-refractivity contribution in [3.8, 4) is 0 Å². The van der Waals surface area contributed by atoms with E-state index in [1.807, 2.05) is 40.4 Å². The molecule has 1 saturated carbocycles. The van der Waals surface area contributed by atoms with Crippen molar-refractivity contribution < 1.29 is 4.79 Å². The second-order valence-corrected chi connectivity index (χ2v) is 8.41. The molecule has 0 radical (unpaired) electrons. The van der Waals surface area contributed by atoms with E-state index < -0.39 is 0 Å². The number of nitrogens with two attached hydrogens (primary N) is 1. The molecule has 1 fully saturated rings. The predicted molar refractivity (Wildman–Crippen MR) is 106 cm³/mol. The van der Waals surface area contributed by atoms with Crippen LogP contribution in [0.5, 0.6) is 0 Å². The number of hydrogen-bond donors (Lipinski definition) is 1. The lowest BCUT2D eigenvalue weighted by Crippen LogP contribution is -2.18. The number of halogens is 1. The number of benzene rings is 1. The Hall–Kier alpha value is -2.10. The van der Waals surface area contributed by atoms with Gasteiger partial charge in [0.05, 0.1) is 12.3 Å². The molecule has 1 amide bonds. The van der Waals surface area contributed by atoms with Crippen LogP contribution >= 0.6 is 34.7 Å².